The number of H-pyrrole nitrogens is 1. The number of aromatic amines is 1. The lowest BCUT2D eigenvalue weighted by Gasteiger charge is -2.37. The number of hydrogen-bond donors (Lipinski definition) is 1. The number of carbonyl (C=O) groups excluding carboxylic acids is 1. The normalized spacial score (nSPS) is 16.3. The molecule has 9 heteroatoms. The number of likely N-dealkylation sites (tertiary alicyclic amines) is 1. The second-order valence-electron chi connectivity index (χ2n) is 10.3. The number of fused-ring (bicyclic) bond motifs is 1. The number of benzene rings is 1. The van der Waals surface area contributed by atoms with Crippen LogP contribution in [0.2, 0.25) is 0 Å². The zero-order chi connectivity index (χ0) is 24.7. The summed E-state index contributed by atoms with van der Waals surface area (Å²) in [6, 6.07) is 7.88. The van der Waals surface area contributed by atoms with Gasteiger partial charge in [-0.2, -0.15) is 0 Å². The molecule has 0 saturated carbocycles. The number of aromatic nitrogens is 4. The second kappa shape index (κ2) is 8.85. The Balaban J connectivity index is 1.58. The van der Waals surface area contributed by atoms with Gasteiger partial charge in [0.15, 0.2) is 11.5 Å². The van der Waals surface area contributed by atoms with Crippen LogP contribution in [0.5, 0.6) is 0 Å². The molecular formula is C25H32FN5O3. The third-order valence-electron chi connectivity index (χ3n) is 6.09. The molecule has 182 valence electrons. The molecule has 1 saturated heterocycles. The van der Waals surface area contributed by atoms with Gasteiger partial charge in [0, 0.05) is 31.5 Å². The molecule has 1 aliphatic rings. The van der Waals surface area contributed by atoms with E-state index in [4.69, 9.17) is 4.74 Å². The number of piperidine rings is 1. The summed E-state index contributed by atoms with van der Waals surface area (Å²) >= 11 is 0. The predicted molar refractivity (Wildman–Crippen MR) is 129 cm³/mol. The molecule has 0 radical (unpaired) electrons. The molecule has 0 spiro atoms. The third kappa shape index (κ3) is 4.98. The van der Waals surface area contributed by atoms with E-state index >= 15 is 4.39 Å². The minimum absolute atomic E-state index is 0.111. The van der Waals surface area contributed by atoms with Crippen LogP contribution < -0.4 is 5.69 Å². The zero-order valence-electron chi connectivity index (χ0n) is 20.4. The molecule has 0 atom stereocenters. The molecule has 4 rings (SSSR count). The minimum atomic E-state index is -1.64. The zero-order valence-corrected chi connectivity index (χ0v) is 20.4. The van der Waals surface area contributed by atoms with Crippen molar-refractivity contribution in [2.45, 2.75) is 71.2 Å². The summed E-state index contributed by atoms with van der Waals surface area (Å²) < 4.78 is 22.6. The van der Waals surface area contributed by atoms with Crippen LogP contribution in [0.4, 0.5) is 9.18 Å². The number of amides is 1. The Morgan fingerprint density at radius 3 is 2.56 bits per heavy atom. The molecule has 0 unspecified atom stereocenters. The maximum atomic E-state index is 15.8. The minimum Gasteiger partial charge on any atom is -0.444 e. The molecule has 0 aliphatic carbocycles. The highest BCUT2D eigenvalue weighted by atomic mass is 19.1. The number of rotatable bonds is 4. The number of imidazole rings is 1. The smallest absolute Gasteiger partial charge is 0.410 e. The van der Waals surface area contributed by atoms with Crippen molar-refractivity contribution in [1.29, 1.82) is 0 Å². The summed E-state index contributed by atoms with van der Waals surface area (Å²) in [6.45, 7) is 9.90. The number of ether oxygens (including phenoxy) is 1. The fourth-order valence-corrected chi connectivity index (χ4v) is 4.28. The van der Waals surface area contributed by atoms with E-state index in [9.17, 15) is 9.59 Å². The maximum Gasteiger partial charge on any atom is 0.410 e. The second-order valence-corrected chi connectivity index (χ2v) is 10.3. The molecule has 34 heavy (non-hydrogen) atoms. The number of alkyl halides is 1. The van der Waals surface area contributed by atoms with Crippen LogP contribution in [0.15, 0.2) is 35.3 Å². The Bertz CT molecular complexity index is 1250. The van der Waals surface area contributed by atoms with Gasteiger partial charge in [-0.1, -0.05) is 38.1 Å². The molecular weight excluding hydrogens is 437 g/mol. The standard InChI is InChI=1S/C25H32FN5O3/c1-16(2)17-8-6-7-9-18(17)20-27-14-19-21(29-20)31(22(32)28-19)15-25(26)10-12-30(13-11-25)23(33)34-24(3,4)5/h6-9,14,16H,10-13,15H2,1-5H3,(H,28,32). The van der Waals surface area contributed by atoms with Gasteiger partial charge < -0.3 is 14.6 Å². The summed E-state index contributed by atoms with van der Waals surface area (Å²) in [5.41, 5.74) is 0.154. The Hall–Kier alpha value is -3.23. The Morgan fingerprint density at radius 2 is 1.91 bits per heavy atom. The van der Waals surface area contributed by atoms with Crippen molar-refractivity contribution in [2.75, 3.05) is 13.1 Å². The highest BCUT2D eigenvalue weighted by Gasteiger charge is 2.38. The van der Waals surface area contributed by atoms with Crippen molar-refractivity contribution < 1.29 is 13.9 Å². The van der Waals surface area contributed by atoms with Crippen molar-refractivity contribution in [3.63, 3.8) is 0 Å². The first-order chi connectivity index (χ1) is 16.0. The van der Waals surface area contributed by atoms with Crippen molar-refractivity contribution in [3.8, 4) is 11.4 Å². The molecule has 3 aromatic rings. The van der Waals surface area contributed by atoms with Crippen LogP contribution in [-0.2, 0) is 11.3 Å². The van der Waals surface area contributed by atoms with Crippen LogP contribution in [0.25, 0.3) is 22.6 Å². The first kappa shape index (κ1) is 23.9. The van der Waals surface area contributed by atoms with Gasteiger partial charge in [0.2, 0.25) is 0 Å². The van der Waals surface area contributed by atoms with E-state index in [1.807, 2.05) is 24.3 Å². The van der Waals surface area contributed by atoms with Gasteiger partial charge in [0.25, 0.3) is 0 Å². The van der Waals surface area contributed by atoms with Crippen molar-refractivity contribution in [1.82, 2.24) is 24.4 Å². The van der Waals surface area contributed by atoms with Crippen molar-refractivity contribution >= 4 is 17.3 Å². The van der Waals surface area contributed by atoms with Gasteiger partial charge in [-0.3, -0.25) is 4.57 Å². The molecule has 0 bridgehead atoms. The van der Waals surface area contributed by atoms with Crippen LogP contribution in [0.3, 0.4) is 0 Å². The summed E-state index contributed by atoms with van der Waals surface area (Å²) in [5.74, 6) is 0.769. The number of hydrogen-bond acceptors (Lipinski definition) is 5. The SMILES string of the molecule is CC(C)c1ccccc1-c1ncc2[nH]c(=O)n(CC3(F)CCN(C(=O)OC(C)(C)C)CC3)c2n1. The van der Waals surface area contributed by atoms with Crippen LogP contribution in [0, 0.1) is 0 Å². The molecule has 8 nitrogen and oxygen atoms in total. The molecule has 3 heterocycles. The molecule has 1 fully saturated rings. The van der Waals surface area contributed by atoms with Gasteiger partial charge in [-0.05, 0) is 32.3 Å². The lowest BCUT2D eigenvalue weighted by molar-refractivity contribution is -0.000531. The number of carbonyl (C=O) groups is 1. The third-order valence-corrected chi connectivity index (χ3v) is 6.09. The summed E-state index contributed by atoms with van der Waals surface area (Å²) in [6.07, 6.45) is 1.35. The van der Waals surface area contributed by atoms with Gasteiger partial charge in [-0.15, -0.1) is 0 Å². The molecule has 1 aliphatic heterocycles. The number of halogens is 1. The first-order valence-electron chi connectivity index (χ1n) is 11.7. The lowest BCUT2D eigenvalue weighted by Crippen LogP contribution is -2.48. The largest absolute Gasteiger partial charge is 0.444 e. The Morgan fingerprint density at radius 1 is 1.24 bits per heavy atom. The van der Waals surface area contributed by atoms with Gasteiger partial charge in [0.1, 0.15) is 16.8 Å². The van der Waals surface area contributed by atoms with Crippen LogP contribution in [-0.4, -0.2) is 54.9 Å². The molecule has 1 N–H and O–H groups in total. The average molecular weight is 470 g/mol. The average Bonchev–Trinajstić information content (AvgIpc) is 3.07. The fourth-order valence-electron chi connectivity index (χ4n) is 4.28. The fraction of sp³-hybridized carbons (Fsp3) is 0.520. The Labute approximate surface area is 198 Å². The quantitative estimate of drug-likeness (QED) is 0.600. The molecule has 1 amide bonds. The van der Waals surface area contributed by atoms with E-state index in [0.717, 1.165) is 11.1 Å². The number of nitrogens with one attached hydrogen (secondary N) is 1. The van der Waals surface area contributed by atoms with E-state index in [2.05, 4.69) is 28.8 Å². The lowest BCUT2D eigenvalue weighted by atomic mass is 9.93. The number of nitrogens with zero attached hydrogens (tertiary/aromatic N) is 4. The van der Waals surface area contributed by atoms with Gasteiger partial charge in [0.05, 0.1) is 12.7 Å². The summed E-state index contributed by atoms with van der Waals surface area (Å²) in [5, 5.41) is 0. The maximum absolute atomic E-state index is 15.8. The van der Waals surface area contributed by atoms with E-state index in [1.54, 1.807) is 27.0 Å². The van der Waals surface area contributed by atoms with Crippen LogP contribution >= 0.6 is 0 Å². The van der Waals surface area contributed by atoms with E-state index < -0.39 is 23.1 Å². The first-order valence-corrected chi connectivity index (χ1v) is 11.7. The summed E-state index contributed by atoms with van der Waals surface area (Å²) in [4.78, 5) is 38.4. The molecule has 2 aromatic heterocycles. The monoisotopic (exact) mass is 469 g/mol. The van der Waals surface area contributed by atoms with Crippen molar-refractivity contribution in [3.05, 3.63) is 46.5 Å². The Kier molecular flexibility index (Phi) is 6.22. The molecule has 1 aromatic carbocycles. The predicted octanol–water partition coefficient (Wildman–Crippen LogP) is 4.65. The summed E-state index contributed by atoms with van der Waals surface area (Å²) in [7, 11) is 0. The van der Waals surface area contributed by atoms with Crippen molar-refractivity contribution in [2.24, 2.45) is 0 Å². The highest BCUT2D eigenvalue weighted by molar-refractivity contribution is 5.73. The van der Waals surface area contributed by atoms with E-state index in [1.165, 1.54) is 9.47 Å². The van der Waals surface area contributed by atoms with E-state index in [-0.39, 0.29) is 38.4 Å². The van der Waals surface area contributed by atoms with Gasteiger partial charge in [-0.25, -0.2) is 23.9 Å². The highest BCUT2D eigenvalue weighted by Crippen LogP contribution is 2.31. The topological polar surface area (TPSA) is 93.1 Å². The van der Waals surface area contributed by atoms with Crippen LogP contribution in [0.1, 0.15) is 58.9 Å². The van der Waals surface area contributed by atoms with E-state index in [0.29, 0.717) is 17.0 Å². The van der Waals surface area contributed by atoms with Gasteiger partial charge >= 0.3 is 11.8 Å².